The summed E-state index contributed by atoms with van der Waals surface area (Å²) in [6.45, 7) is 6.04. The second-order valence-corrected chi connectivity index (χ2v) is 7.94. The van der Waals surface area contributed by atoms with Gasteiger partial charge in [0.15, 0.2) is 5.13 Å². The number of halogens is 1. The quantitative estimate of drug-likeness (QED) is 0.733. The fraction of sp³-hybridized carbons (Fsp3) is 0.389. The monoisotopic (exact) mass is 379 g/mol. The molecule has 0 saturated carbocycles. The van der Waals surface area contributed by atoms with Crippen LogP contribution in [0.4, 0.5) is 5.13 Å². The second-order valence-electron chi connectivity index (χ2n) is 6.68. The number of hydrogen-bond donors (Lipinski definition) is 2. The van der Waals surface area contributed by atoms with Crippen molar-refractivity contribution in [2.45, 2.75) is 33.6 Å². The van der Waals surface area contributed by atoms with Crippen LogP contribution in [0, 0.1) is 5.41 Å². The van der Waals surface area contributed by atoms with Gasteiger partial charge in [-0.2, -0.15) is 0 Å². The van der Waals surface area contributed by atoms with Crippen LogP contribution in [0.3, 0.4) is 0 Å². The Labute approximate surface area is 156 Å². The molecule has 5 nitrogen and oxygen atoms in total. The van der Waals surface area contributed by atoms with Gasteiger partial charge in [0.2, 0.25) is 11.8 Å². The maximum absolute atomic E-state index is 12.0. The van der Waals surface area contributed by atoms with Gasteiger partial charge in [0.25, 0.3) is 0 Å². The molecule has 0 unspecified atom stereocenters. The molecule has 0 aliphatic heterocycles. The first-order valence-corrected chi connectivity index (χ1v) is 9.32. The molecule has 0 bridgehead atoms. The zero-order valence-corrected chi connectivity index (χ0v) is 16.1. The largest absolute Gasteiger partial charge is 0.356 e. The molecule has 0 aliphatic rings. The number of thiazole rings is 1. The fourth-order valence-corrected chi connectivity index (χ4v) is 2.98. The number of carbonyl (C=O) groups is 2. The molecule has 0 atom stereocenters. The van der Waals surface area contributed by atoms with E-state index in [4.69, 9.17) is 11.6 Å². The van der Waals surface area contributed by atoms with Crippen molar-refractivity contribution < 1.29 is 9.59 Å². The van der Waals surface area contributed by atoms with E-state index in [1.54, 1.807) is 6.07 Å². The number of nitrogens with one attached hydrogen (secondary N) is 2. The number of aromatic nitrogens is 1. The minimum absolute atomic E-state index is 0.0165. The Balaban J connectivity index is 1.80. The number of anilines is 1. The van der Waals surface area contributed by atoms with Gasteiger partial charge in [0, 0.05) is 34.3 Å². The van der Waals surface area contributed by atoms with Crippen LogP contribution in [0.1, 0.15) is 33.6 Å². The van der Waals surface area contributed by atoms with Crippen LogP contribution in [0.2, 0.25) is 5.02 Å². The molecule has 0 saturated heterocycles. The van der Waals surface area contributed by atoms with E-state index >= 15 is 0 Å². The molecule has 0 radical (unpaired) electrons. The van der Waals surface area contributed by atoms with Gasteiger partial charge in [-0.25, -0.2) is 4.98 Å². The molecule has 2 aromatic rings. The summed E-state index contributed by atoms with van der Waals surface area (Å²) in [6.07, 6.45) is 0.905. The first-order chi connectivity index (χ1) is 11.8. The first kappa shape index (κ1) is 19.4. The van der Waals surface area contributed by atoms with E-state index in [0.717, 1.165) is 11.3 Å². The van der Waals surface area contributed by atoms with E-state index in [0.29, 0.717) is 29.5 Å². The molecule has 25 heavy (non-hydrogen) atoms. The van der Waals surface area contributed by atoms with Gasteiger partial charge in [-0.15, -0.1) is 11.3 Å². The molecule has 134 valence electrons. The molecule has 0 spiro atoms. The number of nitrogens with zero attached hydrogens (tertiary/aromatic N) is 1. The number of hydrogen-bond acceptors (Lipinski definition) is 4. The molecule has 1 heterocycles. The van der Waals surface area contributed by atoms with Gasteiger partial charge in [-0.3, -0.25) is 9.59 Å². The van der Waals surface area contributed by atoms with Crippen LogP contribution in [0.25, 0.3) is 11.3 Å². The summed E-state index contributed by atoms with van der Waals surface area (Å²) < 4.78 is 0. The highest BCUT2D eigenvalue weighted by Gasteiger charge is 2.20. The van der Waals surface area contributed by atoms with Crippen molar-refractivity contribution in [3.63, 3.8) is 0 Å². The summed E-state index contributed by atoms with van der Waals surface area (Å²) in [7, 11) is 0. The van der Waals surface area contributed by atoms with Gasteiger partial charge in [-0.05, 0) is 12.5 Å². The Hall–Kier alpha value is -1.92. The lowest BCUT2D eigenvalue weighted by Gasteiger charge is -2.17. The number of carbonyl (C=O) groups excluding carboxylic acids is 2. The number of amides is 2. The van der Waals surface area contributed by atoms with Crippen molar-refractivity contribution in [3.05, 3.63) is 34.7 Å². The Morgan fingerprint density at radius 1 is 1.24 bits per heavy atom. The van der Waals surface area contributed by atoms with E-state index in [1.165, 1.54) is 11.3 Å². The smallest absolute Gasteiger partial charge is 0.226 e. The van der Waals surface area contributed by atoms with Crippen LogP contribution >= 0.6 is 22.9 Å². The van der Waals surface area contributed by atoms with Crippen molar-refractivity contribution >= 4 is 39.9 Å². The Kier molecular flexibility index (Phi) is 6.56. The highest BCUT2D eigenvalue weighted by atomic mass is 35.5. The maximum Gasteiger partial charge on any atom is 0.226 e. The molecule has 1 aromatic heterocycles. The van der Waals surface area contributed by atoms with Crippen molar-refractivity contribution in [1.29, 1.82) is 0 Å². The average Bonchev–Trinajstić information content (AvgIpc) is 2.99. The topological polar surface area (TPSA) is 71.1 Å². The fourth-order valence-electron chi connectivity index (χ4n) is 2.02. The summed E-state index contributed by atoms with van der Waals surface area (Å²) in [5.74, 6) is -0.137. The second kappa shape index (κ2) is 8.45. The zero-order chi connectivity index (χ0) is 18.4. The minimum atomic E-state index is -0.418. The first-order valence-electron chi connectivity index (χ1n) is 8.06. The van der Waals surface area contributed by atoms with E-state index in [-0.39, 0.29) is 11.8 Å². The summed E-state index contributed by atoms with van der Waals surface area (Å²) in [5.41, 5.74) is 1.16. The Bertz CT molecular complexity index is 753. The minimum Gasteiger partial charge on any atom is -0.356 e. The van der Waals surface area contributed by atoms with Gasteiger partial charge in [0.1, 0.15) is 0 Å². The highest BCUT2D eigenvalue weighted by molar-refractivity contribution is 7.14. The van der Waals surface area contributed by atoms with Crippen LogP contribution in [-0.2, 0) is 9.59 Å². The summed E-state index contributed by atoms with van der Waals surface area (Å²) >= 11 is 7.52. The van der Waals surface area contributed by atoms with Crippen LogP contribution in [0.5, 0.6) is 0 Å². The van der Waals surface area contributed by atoms with Crippen LogP contribution < -0.4 is 10.6 Å². The predicted octanol–water partition coefficient (Wildman–Crippen LogP) is 4.34. The van der Waals surface area contributed by atoms with Crippen molar-refractivity contribution in [2.75, 3.05) is 11.9 Å². The molecule has 1 aromatic carbocycles. The molecule has 2 amide bonds. The van der Waals surface area contributed by atoms with Gasteiger partial charge < -0.3 is 10.6 Å². The lowest BCUT2D eigenvalue weighted by atomic mass is 9.96. The lowest BCUT2D eigenvalue weighted by Crippen LogP contribution is -2.35. The third-order valence-corrected chi connectivity index (χ3v) is 4.54. The van der Waals surface area contributed by atoms with E-state index in [2.05, 4.69) is 15.6 Å². The molecular weight excluding hydrogens is 358 g/mol. The third-order valence-electron chi connectivity index (χ3n) is 3.45. The van der Waals surface area contributed by atoms with E-state index < -0.39 is 5.41 Å². The molecule has 0 aliphatic carbocycles. The van der Waals surface area contributed by atoms with Gasteiger partial charge >= 0.3 is 0 Å². The van der Waals surface area contributed by atoms with Crippen molar-refractivity contribution in [1.82, 2.24) is 10.3 Å². The summed E-state index contributed by atoms with van der Waals surface area (Å²) in [5, 5.41) is 8.64. The summed E-state index contributed by atoms with van der Waals surface area (Å²) in [4.78, 5) is 28.1. The SMILES string of the molecule is CC(C)(C)C(=O)NCCCC(=O)Nc1nc(-c2ccccc2Cl)cs1. The number of rotatable bonds is 6. The molecule has 7 heteroatoms. The molecular formula is C18H22ClN3O2S. The zero-order valence-electron chi connectivity index (χ0n) is 14.6. The van der Waals surface area contributed by atoms with Crippen LogP contribution in [-0.4, -0.2) is 23.3 Å². The predicted molar refractivity (Wildman–Crippen MR) is 103 cm³/mol. The lowest BCUT2D eigenvalue weighted by molar-refractivity contribution is -0.128. The normalized spacial score (nSPS) is 11.2. The van der Waals surface area contributed by atoms with Crippen molar-refractivity contribution in [3.8, 4) is 11.3 Å². The van der Waals surface area contributed by atoms with E-state index in [9.17, 15) is 9.59 Å². The highest BCUT2D eigenvalue weighted by Crippen LogP contribution is 2.30. The van der Waals surface area contributed by atoms with E-state index in [1.807, 2.05) is 44.4 Å². The van der Waals surface area contributed by atoms with Crippen molar-refractivity contribution in [2.24, 2.45) is 5.41 Å². The van der Waals surface area contributed by atoms with Crippen LogP contribution in [0.15, 0.2) is 29.6 Å². The summed E-state index contributed by atoms with van der Waals surface area (Å²) in [6, 6.07) is 7.45. The molecule has 2 rings (SSSR count). The number of benzene rings is 1. The third kappa shape index (κ3) is 5.83. The maximum atomic E-state index is 12.0. The Morgan fingerprint density at radius 3 is 2.64 bits per heavy atom. The average molecular weight is 380 g/mol. The standard InChI is InChI=1S/C18H22ClN3O2S/c1-18(2,3)16(24)20-10-6-9-15(23)22-17-21-14(11-25-17)12-7-4-5-8-13(12)19/h4-5,7-8,11H,6,9-10H2,1-3H3,(H,20,24)(H,21,22,23). The molecule has 2 N–H and O–H groups in total. The van der Waals surface area contributed by atoms with Gasteiger partial charge in [0.05, 0.1) is 5.69 Å². The molecule has 0 fully saturated rings. The van der Waals surface area contributed by atoms with Gasteiger partial charge in [-0.1, -0.05) is 50.6 Å². The Morgan fingerprint density at radius 2 is 1.96 bits per heavy atom.